The molecule has 1 N–H and O–H groups in total. The van der Waals surface area contributed by atoms with Crippen molar-refractivity contribution in [3.05, 3.63) is 70.5 Å². The first kappa shape index (κ1) is 12.6. The van der Waals surface area contributed by atoms with Gasteiger partial charge >= 0.3 is 0 Å². The third-order valence-electron chi connectivity index (χ3n) is 2.46. The number of halogens is 2. The Balaban J connectivity index is 2.03. The molecule has 2 aromatic carbocycles. The van der Waals surface area contributed by atoms with Crippen molar-refractivity contribution in [2.75, 3.05) is 0 Å². The third-order valence-corrected chi connectivity index (χ3v) is 2.70. The van der Waals surface area contributed by atoms with Crippen LogP contribution in [0, 0.1) is 5.82 Å². The molecule has 0 atom stereocenters. The Bertz CT molecular complexity index is 571. The average Bonchev–Trinajstić information content (AvgIpc) is 2.37. The van der Waals surface area contributed by atoms with E-state index in [4.69, 9.17) is 11.6 Å². The summed E-state index contributed by atoms with van der Waals surface area (Å²) in [5.74, 6) is -0.964. The van der Waals surface area contributed by atoms with E-state index >= 15 is 0 Å². The molecule has 0 aliphatic carbocycles. The molecule has 0 aromatic heterocycles. The lowest BCUT2D eigenvalue weighted by Crippen LogP contribution is -2.23. The zero-order valence-electron chi connectivity index (χ0n) is 9.49. The van der Waals surface area contributed by atoms with Gasteiger partial charge in [-0.05, 0) is 29.8 Å². The fraction of sp³-hybridized carbons (Fsp3) is 0.0714. The lowest BCUT2D eigenvalue weighted by molar-refractivity contribution is 0.0947. The van der Waals surface area contributed by atoms with Gasteiger partial charge in [0.05, 0.1) is 5.56 Å². The van der Waals surface area contributed by atoms with Crippen molar-refractivity contribution in [2.24, 2.45) is 0 Å². The zero-order chi connectivity index (χ0) is 13.0. The van der Waals surface area contributed by atoms with Crippen LogP contribution in [-0.4, -0.2) is 5.91 Å². The van der Waals surface area contributed by atoms with E-state index in [0.29, 0.717) is 11.6 Å². The Kier molecular flexibility index (Phi) is 3.95. The standard InChI is InChI=1S/C14H11ClFNO/c15-11-5-3-4-10(8-11)9-17-14(18)12-6-1-2-7-13(12)16/h1-8H,9H2,(H,17,18). The lowest BCUT2D eigenvalue weighted by atomic mass is 10.2. The van der Waals surface area contributed by atoms with E-state index in [1.807, 2.05) is 6.07 Å². The topological polar surface area (TPSA) is 29.1 Å². The van der Waals surface area contributed by atoms with Gasteiger partial charge in [0.2, 0.25) is 0 Å². The van der Waals surface area contributed by atoms with Crippen LogP contribution in [0.5, 0.6) is 0 Å². The van der Waals surface area contributed by atoms with E-state index in [9.17, 15) is 9.18 Å². The molecule has 0 aliphatic rings. The zero-order valence-corrected chi connectivity index (χ0v) is 10.2. The fourth-order valence-corrected chi connectivity index (χ4v) is 1.78. The first-order valence-corrected chi connectivity index (χ1v) is 5.82. The van der Waals surface area contributed by atoms with Gasteiger partial charge in [-0.1, -0.05) is 35.9 Å². The van der Waals surface area contributed by atoms with Crippen LogP contribution < -0.4 is 5.32 Å². The van der Waals surface area contributed by atoms with E-state index in [-0.39, 0.29) is 5.56 Å². The second-order valence-corrected chi connectivity index (χ2v) is 4.23. The first-order valence-electron chi connectivity index (χ1n) is 5.44. The van der Waals surface area contributed by atoms with Gasteiger partial charge in [-0.15, -0.1) is 0 Å². The predicted octanol–water partition coefficient (Wildman–Crippen LogP) is 3.41. The smallest absolute Gasteiger partial charge is 0.254 e. The number of amides is 1. The summed E-state index contributed by atoms with van der Waals surface area (Å²) in [4.78, 5) is 11.7. The van der Waals surface area contributed by atoms with E-state index in [1.54, 1.807) is 30.3 Å². The van der Waals surface area contributed by atoms with Crippen LogP contribution in [0.2, 0.25) is 5.02 Å². The summed E-state index contributed by atoms with van der Waals surface area (Å²) in [5, 5.41) is 3.25. The molecule has 0 saturated heterocycles. The molecule has 4 heteroatoms. The molecular weight excluding hydrogens is 253 g/mol. The number of benzene rings is 2. The van der Waals surface area contributed by atoms with Crippen molar-refractivity contribution in [2.45, 2.75) is 6.54 Å². The molecule has 2 rings (SSSR count). The van der Waals surface area contributed by atoms with Crippen LogP contribution in [0.4, 0.5) is 4.39 Å². The Morgan fingerprint density at radius 1 is 1.17 bits per heavy atom. The van der Waals surface area contributed by atoms with Crippen molar-refractivity contribution in [1.29, 1.82) is 0 Å². The van der Waals surface area contributed by atoms with Crippen LogP contribution >= 0.6 is 11.6 Å². The minimum absolute atomic E-state index is 0.0412. The Morgan fingerprint density at radius 3 is 2.67 bits per heavy atom. The van der Waals surface area contributed by atoms with Crippen molar-refractivity contribution in [3.8, 4) is 0 Å². The number of carbonyl (C=O) groups is 1. The molecule has 18 heavy (non-hydrogen) atoms. The second kappa shape index (κ2) is 5.65. The van der Waals surface area contributed by atoms with Crippen molar-refractivity contribution >= 4 is 17.5 Å². The summed E-state index contributed by atoms with van der Waals surface area (Å²) >= 11 is 5.83. The van der Waals surface area contributed by atoms with Crippen molar-refractivity contribution < 1.29 is 9.18 Å². The Hall–Kier alpha value is -1.87. The molecule has 92 valence electrons. The van der Waals surface area contributed by atoms with E-state index in [2.05, 4.69) is 5.32 Å². The SMILES string of the molecule is O=C(NCc1cccc(Cl)c1)c1ccccc1F. The summed E-state index contributed by atoms with van der Waals surface area (Å²) < 4.78 is 13.3. The van der Waals surface area contributed by atoms with Gasteiger partial charge in [0.1, 0.15) is 5.82 Å². The molecule has 1 amide bonds. The molecule has 2 aromatic rings. The lowest BCUT2D eigenvalue weighted by Gasteiger charge is -2.06. The summed E-state index contributed by atoms with van der Waals surface area (Å²) in [6, 6.07) is 13.0. The highest BCUT2D eigenvalue weighted by atomic mass is 35.5. The van der Waals surface area contributed by atoms with Gasteiger partial charge in [-0.25, -0.2) is 4.39 Å². The maximum Gasteiger partial charge on any atom is 0.254 e. The van der Waals surface area contributed by atoms with Gasteiger partial charge in [0.25, 0.3) is 5.91 Å². The normalized spacial score (nSPS) is 10.1. The van der Waals surface area contributed by atoms with Gasteiger partial charge in [-0.2, -0.15) is 0 Å². The molecule has 0 heterocycles. The van der Waals surface area contributed by atoms with E-state index < -0.39 is 11.7 Å². The second-order valence-electron chi connectivity index (χ2n) is 3.79. The first-order chi connectivity index (χ1) is 8.66. The quantitative estimate of drug-likeness (QED) is 0.903. The molecule has 2 nitrogen and oxygen atoms in total. The highest BCUT2D eigenvalue weighted by Crippen LogP contribution is 2.11. The van der Waals surface area contributed by atoms with Crippen LogP contribution in [0.3, 0.4) is 0 Å². The third kappa shape index (κ3) is 3.08. The number of hydrogen-bond donors (Lipinski definition) is 1. The molecular formula is C14H11ClFNO. The minimum atomic E-state index is -0.527. The highest BCUT2D eigenvalue weighted by molar-refractivity contribution is 6.30. The number of rotatable bonds is 3. The van der Waals surface area contributed by atoms with Crippen LogP contribution in [-0.2, 0) is 6.54 Å². The number of nitrogens with one attached hydrogen (secondary N) is 1. The summed E-state index contributed by atoms with van der Waals surface area (Å²) in [6.07, 6.45) is 0. The van der Waals surface area contributed by atoms with E-state index in [0.717, 1.165) is 5.56 Å². The summed E-state index contributed by atoms with van der Waals surface area (Å²) in [5.41, 5.74) is 0.909. The predicted molar refractivity (Wildman–Crippen MR) is 69.0 cm³/mol. The number of carbonyl (C=O) groups excluding carboxylic acids is 1. The molecule has 0 unspecified atom stereocenters. The van der Waals surface area contributed by atoms with E-state index in [1.165, 1.54) is 12.1 Å². The molecule has 0 spiro atoms. The monoisotopic (exact) mass is 263 g/mol. The molecule has 0 aliphatic heterocycles. The fourth-order valence-electron chi connectivity index (χ4n) is 1.57. The maximum atomic E-state index is 13.3. The molecule has 0 radical (unpaired) electrons. The number of hydrogen-bond acceptors (Lipinski definition) is 1. The maximum absolute atomic E-state index is 13.3. The Morgan fingerprint density at radius 2 is 1.94 bits per heavy atom. The minimum Gasteiger partial charge on any atom is -0.348 e. The Labute approximate surface area is 109 Å². The van der Waals surface area contributed by atoms with Gasteiger partial charge in [0.15, 0.2) is 0 Å². The summed E-state index contributed by atoms with van der Waals surface area (Å²) in [7, 11) is 0. The molecule has 0 bridgehead atoms. The average molecular weight is 264 g/mol. The van der Waals surface area contributed by atoms with Gasteiger partial charge < -0.3 is 5.32 Å². The summed E-state index contributed by atoms with van der Waals surface area (Å²) in [6.45, 7) is 0.313. The van der Waals surface area contributed by atoms with Crippen molar-refractivity contribution in [1.82, 2.24) is 5.32 Å². The van der Waals surface area contributed by atoms with Crippen LogP contribution in [0.15, 0.2) is 48.5 Å². The van der Waals surface area contributed by atoms with Crippen LogP contribution in [0.25, 0.3) is 0 Å². The van der Waals surface area contributed by atoms with Crippen molar-refractivity contribution in [3.63, 3.8) is 0 Å². The van der Waals surface area contributed by atoms with Gasteiger partial charge in [0, 0.05) is 11.6 Å². The highest BCUT2D eigenvalue weighted by Gasteiger charge is 2.09. The molecule has 0 saturated carbocycles. The largest absolute Gasteiger partial charge is 0.348 e. The molecule has 0 fully saturated rings. The van der Waals surface area contributed by atoms with Gasteiger partial charge in [-0.3, -0.25) is 4.79 Å². The van der Waals surface area contributed by atoms with Crippen LogP contribution in [0.1, 0.15) is 15.9 Å².